The molecule has 38 heavy (non-hydrogen) atoms. The Kier molecular flexibility index (Phi) is 8.81. The van der Waals surface area contributed by atoms with Crippen molar-refractivity contribution in [3.8, 4) is 11.5 Å². The number of hydrogen-bond donors (Lipinski definition) is 1. The van der Waals surface area contributed by atoms with Crippen LogP contribution in [0.1, 0.15) is 34.5 Å². The third-order valence-corrected chi connectivity index (χ3v) is 7.79. The van der Waals surface area contributed by atoms with Crippen LogP contribution in [-0.4, -0.2) is 88.6 Å². The van der Waals surface area contributed by atoms with E-state index in [0.717, 1.165) is 6.26 Å². The average Bonchev–Trinajstić information content (AvgIpc) is 3.22. The number of benzene rings is 2. The number of halogens is 1. The predicted octanol–water partition coefficient (Wildman–Crippen LogP) is 2.76. The molecule has 4 rings (SSSR count). The van der Waals surface area contributed by atoms with E-state index in [4.69, 9.17) is 25.8 Å². The van der Waals surface area contributed by atoms with Gasteiger partial charge in [-0.1, -0.05) is 17.7 Å². The predicted molar refractivity (Wildman–Crippen MR) is 144 cm³/mol. The SMILES string of the molecule is CCOc1cc([C@H](CS(C)(=O)=O)N2Cc3c(Cl)ccc(NC(=O)CN4CCOCC4)c3C2=O)ccc1OC. The van der Waals surface area contributed by atoms with Crippen LogP contribution in [0.4, 0.5) is 5.69 Å². The summed E-state index contributed by atoms with van der Waals surface area (Å²) < 4.78 is 41.3. The van der Waals surface area contributed by atoms with Gasteiger partial charge in [0.05, 0.1) is 56.5 Å². The van der Waals surface area contributed by atoms with Gasteiger partial charge < -0.3 is 24.4 Å². The zero-order chi connectivity index (χ0) is 27.4. The summed E-state index contributed by atoms with van der Waals surface area (Å²) >= 11 is 6.49. The Morgan fingerprint density at radius 2 is 1.92 bits per heavy atom. The first-order valence-corrected chi connectivity index (χ1v) is 14.8. The van der Waals surface area contributed by atoms with E-state index in [1.165, 1.54) is 12.0 Å². The van der Waals surface area contributed by atoms with Crippen LogP contribution in [0.5, 0.6) is 11.5 Å². The summed E-state index contributed by atoms with van der Waals surface area (Å²) in [5, 5.41) is 3.22. The number of anilines is 1. The van der Waals surface area contributed by atoms with Crippen LogP contribution in [0.15, 0.2) is 30.3 Å². The smallest absolute Gasteiger partial charge is 0.257 e. The van der Waals surface area contributed by atoms with Gasteiger partial charge in [0, 0.05) is 36.5 Å². The second-order valence-corrected chi connectivity index (χ2v) is 11.9. The molecular weight excluding hydrogens is 534 g/mol. The van der Waals surface area contributed by atoms with Crippen LogP contribution < -0.4 is 14.8 Å². The van der Waals surface area contributed by atoms with Gasteiger partial charge >= 0.3 is 0 Å². The van der Waals surface area contributed by atoms with E-state index in [9.17, 15) is 18.0 Å². The topological polar surface area (TPSA) is 114 Å². The van der Waals surface area contributed by atoms with E-state index in [0.29, 0.717) is 66.2 Å². The number of ether oxygens (including phenoxy) is 3. The minimum atomic E-state index is -3.50. The quantitative estimate of drug-likeness (QED) is 0.468. The third kappa shape index (κ3) is 6.40. The minimum Gasteiger partial charge on any atom is -0.493 e. The van der Waals surface area contributed by atoms with Crippen molar-refractivity contribution < 1.29 is 32.2 Å². The molecule has 1 N–H and O–H groups in total. The number of amides is 2. The number of morpholine rings is 1. The van der Waals surface area contributed by atoms with E-state index < -0.39 is 21.8 Å². The highest BCUT2D eigenvalue weighted by Gasteiger charge is 2.38. The van der Waals surface area contributed by atoms with Crippen LogP contribution in [0.25, 0.3) is 0 Å². The molecule has 1 atom stereocenters. The molecule has 1 saturated heterocycles. The van der Waals surface area contributed by atoms with Gasteiger partial charge in [-0.25, -0.2) is 8.42 Å². The standard InChI is InChI=1S/C26H32ClN3O7S/c1-4-37-23-13-17(5-8-22(23)35-2)21(16-38(3,33)34)30-14-18-19(27)6-7-20(25(18)26(30)32)28-24(31)15-29-9-11-36-12-10-29/h5-8,13,21H,4,9-12,14-16H2,1-3H3,(H,28,31)/t21-/m0/s1. The minimum absolute atomic E-state index is 0.0936. The molecule has 10 nitrogen and oxygen atoms in total. The fourth-order valence-electron chi connectivity index (χ4n) is 4.74. The molecule has 1 fully saturated rings. The van der Waals surface area contributed by atoms with E-state index in [2.05, 4.69) is 5.32 Å². The Bertz CT molecular complexity index is 1310. The summed E-state index contributed by atoms with van der Waals surface area (Å²) in [5.41, 5.74) is 1.73. The molecule has 2 amide bonds. The number of sulfone groups is 1. The molecule has 0 bridgehead atoms. The first kappa shape index (κ1) is 28.2. The summed E-state index contributed by atoms with van der Waals surface area (Å²) in [6.45, 7) is 4.91. The van der Waals surface area contributed by atoms with Crippen molar-refractivity contribution >= 4 is 38.9 Å². The number of nitrogens with one attached hydrogen (secondary N) is 1. The van der Waals surface area contributed by atoms with Gasteiger partial charge in [0.15, 0.2) is 11.5 Å². The van der Waals surface area contributed by atoms with Crippen molar-refractivity contribution in [2.24, 2.45) is 0 Å². The lowest BCUT2D eigenvalue weighted by Crippen LogP contribution is -2.41. The molecule has 0 unspecified atom stereocenters. The highest BCUT2D eigenvalue weighted by Crippen LogP contribution is 2.40. The van der Waals surface area contributed by atoms with Gasteiger partial charge in [-0.15, -0.1) is 0 Å². The Morgan fingerprint density at radius 3 is 2.58 bits per heavy atom. The number of rotatable bonds is 10. The zero-order valence-electron chi connectivity index (χ0n) is 21.7. The summed E-state index contributed by atoms with van der Waals surface area (Å²) in [5.74, 6) is -0.0261. The Labute approximate surface area is 227 Å². The Morgan fingerprint density at radius 1 is 1.18 bits per heavy atom. The zero-order valence-corrected chi connectivity index (χ0v) is 23.2. The van der Waals surface area contributed by atoms with Crippen LogP contribution >= 0.6 is 11.6 Å². The highest BCUT2D eigenvalue weighted by molar-refractivity contribution is 7.90. The average molecular weight is 566 g/mol. The normalized spacial score (nSPS) is 16.7. The van der Waals surface area contributed by atoms with Gasteiger partial charge in [-0.3, -0.25) is 14.5 Å². The lowest BCUT2D eigenvalue weighted by atomic mass is 10.1. The monoisotopic (exact) mass is 565 g/mol. The van der Waals surface area contributed by atoms with Crippen molar-refractivity contribution in [1.82, 2.24) is 9.80 Å². The molecule has 2 aliphatic heterocycles. The number of nitrogens with zero attached hydrogens (tertiary/aromatic N) is 2. The van der Waals surface area contributed by atoms with E-state index in [1.807, 2.05) is 11.8 Å². The van der Waals surface area contributed by atoms with E-state index in [-0.39, 0.29) is 30.3 Å². The summed E-state index contributed by atoms with van der Waals surface area (Å²) in [6, 6.07) is 7.52. The van der Waals surface area contributed by atoms with Crippen molar-refractivity contribution in [3.63, 3.8) is 0 Å². The van der Waals surface area contributed by atoms with Crippen LogP contribution in [0, 0.1) is 0 Å². The van der Waals surface area contributed by atoms with Crippen LogP contribution in [0.3, 0.4) is 0 Å². The van der Waals surface area contributed by atoms with Crippen LogP contribution in [0.2, 0.25) is 5.02 Å². The van der Waals surface area contributed by atoms with Crippen molar-refractivity contribution in [1.29, 1.82) is 0 Å². The number of hydrogen-bond acceptors (Lipinski definition) is 8. The second-order valence-electron chi connectivity index (χ2n) is 9.27. The lowest BCUT2D eigenvalue weighted by Gasteiger charge is -2.28. The molecule has 0 saturated carbocycles. The molecule has 2 aliphatic rings. The number of fused-ring (bicyclic) bond motifs is 1. The molecule has 0 aliphatic carbocycles. The fraction of sp³-hybridized carbons (Fsp3) is 0.462. The molecule has 0 aromatic heterocycles. The molecule has 12 heteroatoms. The fourth-order valence-corrected chi connectivity index (χ4v) is 5.90. The maximum Gasteiger partial charge on any atom is 0.257 e. The van der Waals surface area contributed by atoms with Gasteiger partial charge in [-0.05, 0) is 36.8 Å². The summed E-state index contributed by atoms with van der Waals surface area (Å²) in [4.78, 5) is 30.1. The largest absolute Gasteiger partial charge is 0.493 e. The molecule has 206 valence electrons. The van der Waals surface area contributed by atoms with Gasteiger partial charge in [0.1, 0.15) is 9.84 Å². The maximum atomic E-state index is 13.8. The molecule has 2 aromatic rings. The Hall–Kier alpha value is -2.86. The van der Waals surface area contributed by atoms with Crippen molar-refractivity contribution in [3.05, 3.63) is 52.0 Å². The van der Waals surface area contributed by atoms with E-state index in [1.54, 1.807) is 30.3 Å². The molecular formula is C26H32ClN3O7S. The van der Waals surface area contributed by atoms with Crippen molar-refractivity contribution in [2.45, 2.75) is 19.5 Å². The molecule has 0 radical (unpaired) electrons. The summed E-state index contributed by atoms with van der Waals surface area (Å²) in [6.07, 6.45) is 1.13. The first-order chi connectivity index (χ1) is 18.1. The summed E-state index contributed by atoms with van der Waals surface area (Å²) in [7, 11) is -1.98. The molecule has 2 heterocycles. The number of methoxy groups -OCH3 is 1. The van der Waals surface area contributed by atoms with Crippen LogP contribution in [-0.2, 0) is 25.9 Å². The van der Waals surface area contributed by atoms with Crippen molar-refractivity contribution in [2.75, 3.05) is 63.9 Å². The molecule has 0 spiro atoms. The highest BCUT2D eigenvalue weighted by atomic mass is 35.5. The third-order valence-electron chi connectivity index (χ3n) is 6.51. The van der Waals surface area contributed by atoms with Gasteiger partial charge in [-0.2, -0.15) is 0 Å². The maximum absolute atomic E-state index is 13.8. The van der Waals surface area contributed by atoms with Gasteiger partial charge in [0.2, 0.25) is 5.91 Å². The Balaban J connectivity index is 1.66. The van der Waals surface area contributed by atoms with Gasteiger partial charge in [0.25, 0.3) is 5.91 Å². The number of carbonyl (C=O) groups excluding carboxylic acids is 2. The second kappa shape index (κ2) is 11.9. The van der Waals surface area contributed by atoms with E-state index >= 15 is 0 Å². The number of carbonyl (C=O) groups is 2. The first-order valence-electron chi connectivity index (χ1n) is 12.3. The molecule has 2 aromatic carbocycles. The lowest BCUT2D eigenvalue weighted by molar-refractivity contribution is -0.118.